The van der Waals surface area contributed by atoms with Crippen LogP contribution in [-0.4, -0.2) is 106 Å². The summed E-state index contributed by atoms with van der Waals surface area (Å²) in [5, 5.41) is 50.2. The first-order valence-corrected chi connectivity index (χ1v) is 21.2. The van der Waals surface area contributed by atoms with E-state index in [9.17, 15) is 34.8 Å². The molecule has 1 fully saturated rings. The molecule has 0 unspecified atom stereocenters. The van der Waals surface area contributed by atoms with Crippen LogP contribution in [0.25, 0.3) is 10.8 Å². The minimum Gasteiger partial charge on any atom is -0.507 e. The van der Waals surface area contributed by atoms with E-state index in [1.165, 1.54) is 27.2 Å². The zero-order chi connectivity index (χ0) is 44.9. The number of amides is 1. The number of hydrogen-bond donors (Lipinski definition) is 5. The zero-order valence-electron chi connectivity index (χ0n) is 37.1. The average Bonchev–Trinajstić information content (AvgIpc) is 3.71. The molecule has 0 radical (unpaired) electrons. The second-order valence-electron chi connectivity index (χ2n) is 18.0. The van der Waals surface area contributed by atoms with Crippen LogP contribution in [0.5, 0.6) is 17.2 Å². The zero-order valence-corrected chi connectivity index (χ0v) is 37.1. The van der Waals surface area contributed by atoms with Crippen LogP contribution < -0.4 is 20.8 Å². The molecule has 0 saturated carbocycles. The Bertz CT molecular complexity index is 2300. The van der Waals surface area contributed by atoms with Gasteiger partial charge < -0.3 is 49.6 Å². The summed E-state index contributed by atoms with van der Waals surface area (Å²) < 4.78 is 24.0. The summed E-state index contributed by atoms with van der Waals surface area (Å²) in [7, 11) is 1.47. The van der Waals surface area contributed by atoms with Gasteiger partial charge in [0.05, 0.1) is 40.9 Å². The number of ether oxygens (including phenoxy) is 4. The van der Waals surface area contributed by atoms with Crippen LogP contribution in [0.1, 0.15) is 91.1 Å². The van der Waals surface area contributed by atoms with Crippen molar-refractivity contribution in [2.45, 2.75) is 118 Å². The lowest BCUT2D eigenvalue weighted by atomic mass is 9.78. The van der Waals surface area contributed by atoms with Crippen LogP contribution in [0.15, 0.2) is 46.1 Å². The average molecular weight is 847 g/mol. The fraction of sp³-hybridized carbons (Fsp3) is 0.587. The Morgan fingerprint density at radius 2 is 1.62 bits per heavy atom. The van der Waals surface area contributed by atoms with Crippen molar-refractivity contribution >= 4 is 34.1 Å². The van der Waals surface area contributed by atoms with Gasteiger partial charge in [-0.1, -0.05) is 59.8 Å². The number of anilines is 1. The van der Waals surface area contributed by atoms with E-state index in [0.29, 0.717) is 31.8 Å². The third-order valence-electron chi connectivity index (χ3n) is 12.9. The molecule has 0 aromatic heterocycles. The molecule has 5 N–H and O–H groups in total. The quantitative estimate of drug-likeness (QED) is 0.209. The summed E-state index contributed by atoms with van der Waals surface area (Å²) in [6, 6.07) is 0. The van der Waals surface area contributed by atoms with Crippen LogP contribution in [0, 0.1) is 36.5 Å². The number of carbonyl (C=O) groups is 3. The van der Waals surface area contributed by atoms with E-state index in [-0.39, 0.29) is 55.4 Å². The predicted molar refractivity (Wildman–Crippen MR) is 228 cm³/mol. The molecule has 9 atom stereocenters. The number of phenols is 2. The van der Waals surface area contributed by atoms with Gasteiger partial charge in [-0.15, -0.1) is 0 Å². The van der Waals surface area contributed by atoms with E-state index in [1.807, 2.05) is 0 Å². The molecule has 61 heavy (non-hydrogen) atoms. The van der Waals surface area contributed by atoms with Crippen molar-refractivity contribution in [3.63, 3.8) is 0 Å². The number of hydrogen-bond acceptors (Lipinski definition) is 14. The van der Waals surface area contributed by atoms with Gasteiger partial charge in [0.15, 0.2) is 11.4 Å². The number of Topliss-reactive ketones (excluding diaryl/α,β-unsaturated/α-hetero) is 1. The molecule has 2 aromatic carbocycles. The van der Waals surface area contributed by atoms with Gasteiger partial charge in [0.1, 0.15) is 28.6 Å². The second-order valence-corrected chi connectivity index (χ2v) is 18.0. The number of carbonyl (C=O) groups excluding carboxylic acids is 3. The third-order valence-corrected chi connectivity index (χ3v) is 12.9. The molecule has 1 amide bonds. The molecule has 332 valence electrons. The Labute approximate surface area is 356 Å². The summed E-state index contributed by atoms with van der Waals surface area (Å²) in [4.78, 5) is 53.7. The number of ketones is 1. The minimum absolute atomic E-state index is 0.0364. The number of piperidine rings is 1. The number of aromatic hydroxyl groups is 2. The van der Waals surface area contributed by atoms with E-state index in [2.05, 4.69) is 24.1 Å². The maximum absolute atomic E-state index is 14.7. The van der Waals surface area contributed by atoms with Crippen LogP contribution in [0.4, 0.5) is 5.69 Å². The molecule has 4 heterocycles. The lowest BCUT2D eigenvalue weighted by Crippen LogP contribution is -2.46. The van der Waals surface area contributed by atoms with Crippen molar-refractivity contribution in [3.05, 3.63) is 58.0 Å². The minimum atomic E-state index is -1.96. The number of esters is 1. The highest BCUT2D eigenvalue weighted by Crippen LogP contribution is 2.50. The number of likely N-dealkylation sites (tertiary alicyclic amines) is 1. The molecule has 15 heteroatoms. The van der Waals surface area contributed by atoms with Gasteiger partial charge in [-0.05, 0) is 25.8 Å². The first kappa shape index (κ1) is 45.7. The largest absolute Gasteiger partial charge is 0.507 e. The monoisotopic (exact) mass is 846 g/mol. The Morgan fingerprint density at radius 3 is 2.25 bits per heavy atom. The van der Waals surface area contributed by atoms with Crippen molar-refractivity contribution < 1.29 is 53.8 Å². The Balaban J connectivity index is 1.54. The third kappa shape index (κ3) is 8.54. The lowest BCUT2D eigenvalue weighted by molar-refractivity contribution is -0.160. The molecule has 1 spiro atoms. The molecule has 6 rings (SSSR count). The molecule has 2 aromatic rings. The number of fused-ring (bicyclic) bond motifs is 1. The Hall–Kier alpha value is -4.83. The fourth-order valence-electron chi connectivity index (χ4n) is 9.20. The Morgan fingerprint density at radius 1 is 0.967 bits per heavy atom. The lowest BCUT2D eigenvalue weighted by Gasteiger charge is -2.38. The maximum Gasteiger partial charge on any atom is 0.312 e. The highest BCUT2D eigenvalue weighted by Gasteiger charge is 2.50. The molecule has 4 aliphatic rings. The van der Waals surface area contributed by atoms with E-state index >= 15 is 0 Å². The van der Waals surface area contributed by atoms with Crippen molar-refractivity contribution in [2.24, 2.45) is 39.6 Å². The number of rotatable bonds is 4. The van der Waals surface area contributed by atoms with Crippen molar-refractivity contribution in [3.8, 4) is 17.2 Å². The molecular formula is C46H62N4O11. The highest BCUT2D eigenvalue weighted by molar-refractivity contribution is 6.19. The van der Waals surface area contributed by atoms with Gasteiger partial charge in [0.25, 0.3) is 11.7 Å². The van der Waals surface area contributed by atoms with Gasteiger partial charge in [0.2, 0.25) is 0 Å². The number of benzene rings is 2. The van der Waals surface area contributed by atoms with Gasteiger partial charge in [-0.25, -0.2) is 0 Å². The SMILES string of the molecule is CO[C@H]1/C=C/O[C@@]2(C)Oc3c(C)c(O)c4c(O)c(c5c(c4c3C2=O)=NC2(CCN(CC(C)C)CC2)N=5)NC(=O)C(C)=C/C=C/[C@H](C)[C@H](O)[C@@H](C)[C@@H](O)[C@@H](C)[C@H](OC(C)=O)[C@@H]1C. The smallest absolute Gasteiger partial charge is 0.312 e. The van der Waals surface area contributed by atoms with Crippen molar-refractivity contribution in [2.75, 3.05) is 32.1 Å². The molecule has 1 saturated heterocycles. The topological polar surface area (TPSA) is 209 Å². The van der Waals surface area contributed by atoms with Crippen molar-refractivity contribution in [1.82, 2.24) is 4.90 Å². The number of methoxy groups -OCH3 is 1. The van der Waals surface area contributed by atoms with E-state index in [4.69, 9.17) is 28.9 Å². The highest BCUT2D eigenvalue weighted by atomic mass is 16.7. The molecule has 15 nitrogen and oxygen atoms in total. The number of allylic oxidation sites excluding steroid dienone is 2. The van der Waals surface area contributed by atoms with Gasteiger partial charge >= 0.3 is 11.8 Å². The molecule has 4 aliphatic heterocycles. The summed E-state index contributed by atoms with van der Waals surface area (Å²) in [5.41, 5.74) is -0.572. The van der Waals surface area contributed by atoms with E-state index in [1.54, 1.807) is 65.8 Å². The van der Waals surface area contributed by atoms with E-state index < -0.39 is 82.9 Å². The second kappa shape index (κ2) is 17.5. The van der Waals surface area contributed by atoms with Gasteiger partial charge in [0, 0.05) is 93.6 Å². The number of aliphatic hydroxyl groups excluding tert-OH is 2. The number of nitrogens with zero attached hydrogens (tertiary/aromatic N) is 3. The van der Waals surface area contributed by atoms with Crippen LogP contribution in [0.2, 0.25) is 0 Å². The standard InChI is InChI=1S/C46H62N4O11/c1-22(2)21-50-18-16-46(17-19-50)48-34-31-32-39(54)28(8)42-33(31)43(56)45(10,61-42)59-20-15-30(58-11)25(5)41(60-29(9)51)27(7)38(53)26(6)37(52)23(3)13-12-14-24(4)44(57)47-36(40(32)55)35(34)49-46/h12-15,20,22-23,25-27,30,37-38,41,52-55H,16-19,21H2,1-11H3,(H,47,57)/b13-12+,20-15+,24-14?/t23-,25+,26+,27+,30-,37-,38+,41+,45-/m0/s1. The predicted octanol–water partition coefficient (Wildman–Crippen LogP) is 4.75. The summed E-state index contributed by atoms with van der Waals surface area (Å²) in [6.07, 6.45) is 5.04. The summed E-state index contributed by atoms with van der Waals surface area (Å²) in [5.74, 6) is -6.44. The van der Waals surface area contributed by atoms with Gasteiger partial charge in [-0.3, -0.25) is 24.4 Å². The molecular weight excluding hydrogens is 785 g/mol. The van der Waals surface area contributed by atoms with Crippen LogP contribution >= 0.6 is 0 Å². The summed E-state index contributed by atoms with van der Waals surface area (Å²) >= 11 is 0. The first-order chi connectivity index (χ1) is 28.6. The maximum atomic E-state index is 14.7. The molecule has 4 bridgehead atoms. The van der Waals surface area contributed by atoms with Crippen LogP contribution in [0.3, 0.4) is 0 Å². The van der Waals surface area contributed by atoms with E-state index in [0.717, 1.165) is 6.54 Å². The van der Waals surface area contributed by atoms with Crippen LogP contribution in [-0.2, 0) is 23.8 Å². The Kier molecular flexibility index (Phi) is 13.1. The normalized spacial score (nSPS) is 31.8. The fourth-order valence-corrected chi connectivity index (χ4v) is 9.20. The first-order valence-electron chi connectivity index (χ1n) is 21.2. The molecule has 0 aliphatic carbocycles. The van der Waals surface area contributed by atoms with Crippen molar-refractivity contribution in [1.29, 1.82) is 0 Å². The number of nitrogens with one attached hydrogen (secondary N) is 1. The number of aliphatic hydroxyl groups is 2. The number of phenolic OH excluding ortho intramolecular Hbond substituents is 2. The summed E-state index contributed by atoms with van der Waals surface area (Å²) in [6.45, 7) is 19.5. The van der Waals surface area contributed by atoms with Gasteiger partial charge in [-0.2, -0.15) is 0 Å².